The first-order chi connectivity index (χ1) is 22.8. The van der Waals surface area contributed by atoms with E-state index in [2.05, 4.69) is 173 Å². The van der Waals surface area contributed by atoms with Crippen molar-refractivity contribution in [3.8, 4) is 5.69 Å². The number of nitrogens with zero attached hydrogens (tertiary/aromatic N) is 3. The third kappa shape index (κ3) is 3.58. The molecule has 10 rings (SSSR count). The second-order valence-electron chi connectivity index (χ2n) is 12.1. The predicted octanol–water partition coefficient (Wildman–Crippen LogP) is 10.1. The van der Waals surface area contributed by atoms with Gasteiger partial charge in [0.2, 0.25) is 0 Å². The van der Waals surface area contributed by atoms with E-state index in [1.54, 1.807) is 0 Å². The molecule has 2 aliphatic carbocycles. The molecule has 0 spiro atoms. The summed E-state index contributed by atoms with van der Waals surface area (Å²) >= 11 is 0. The van der Waals surface area contributed by atoms with Gasteiger partial charge in [-0.15, -0.1) is 0 Å². The lowest BCUT2D eigenvalue weighted by Crippen LogP contribution is -2.36. The third-order valence-electron chi connectivity index (χ3n) is 9.48. The first kappa shape index (κ1) is 25.2. The van der Waals surface area contributed by atoms with E-state index in [1.807, 2.05) is 0 Å². The lowest BCUT2D eigenvalue weighted by Gasteiger charge is -2.26. The van der Waals surface area contributed by atoms with Gasteiger partial charge in [0.1, 0.15) is 0 Å². The summed E-state index contributed by atoms with van der Waals surface area (Å²) in [6.45, 7) is 0. The topological polar surface area (TPSA) is 32.6 Å². The Hall–Kier alpha value is -6.13. The van der Waals surface area contributed by atoms with Crippen LogP contribution in [0.3, 0.4) is 0 Å². The van der Waals surface area contributed by atoms with Crippen LogP contribution in [-0.4, -0.2) is 16.3 Å². The van der Waals surface area contributed by atoms with Gasteiger partial charge < -0.3 is 14.8 Å². The number of benzene rings is 6. The van der Waals surface area contributed by atoms with Gasteiger partial charge in [0.05, 0.1) is 34.2 Å². The molecule has 4 heteroatoms. The number of rotatable bonds is 4. The summed E-state index contributed by atoms with van der Waals surface area (Å²) in [5.74, 6) is 0. The van der Waals surface area contributed by atoms with Crippen LogP contribution in [0, 0.1) is 0 Å². The Bertz CT molecular complexity index is 2440. The van der Waals surface area contributed by atoms with Crippen molar-refractivity contribution in [2.24, 2.45) is 4.99 Å². The number of aromatic nitrogens is 1. The van der Waals surface area contributed by atoms with Gasteiger partial charge in [0, 0.05) is 50.0 Å². The molecule has 4 nitrogen and oxygen atoms in total. The molecule has 3 aliphatic rings. The highest BCUT2D eigenvalue weighted by atomic mass is 15.1. The van der Waals surface area contributed by atoms with E-state index in [0.717, 1.165) is 39.9 Å². The van der Waals surface area contributed by atoms with E-state index in [4.69, 9.17) is 4.99 Å². The zero-order valence-electron chi connectivity index (χ0n) is 24.9. The Balaban J connectivity index is 1.22. The smallest absolute Gasteiger partial charge is 0.0951 e. The molecule has 0 bridgehead atoms. The summed E-state index contributed by atoms with van der Waals surface area (Å²) in [6.07, 6.45) is 8.49. The van der Waals surface area contributed by atoms with Crippen molar-refractivity contribution in [1.29, 1.82) is 0 Å². The lowest BCUT2D eigenvalue weighted by atomic mass is 9.99. The number of allylic oxidation sites excluding steroid dienone is 2. The summed E-state index contributed by atoms with van der Waals surface area (Å²) in [7, 11) is 0. The van der Waals surface area contributed by atoms with Gasteiger partial charge >= 0.3 is 0 Å². The fraction of sp³-hybridized carbons (Fsp3) is 0.0238. The molecule has 216 valence electrons. The molecular formula is C42H28N4. The summed E-state index contributed by atoms with van der Waals surface area (Å²) in [6, 6.07) is 47.9. The Morgan fingerprint density at radius 3 is 2.15 bits per heavy atom. The van der Waals surface area contributed by atoms with Gasteiger partial charge in [-0.1, -0.05) is 91.0 Å². The quantitative estimate of drug-likeness (QED) is 0.222. The van der Waals surface area contributed by atoms with E-state index in [0.29, 0.717) is 0 Å². The second-order valence-corrected chi connectivity index (χ2v) is 12.1. The standard InChI is InChI=1S/C42H28N4/c1-3-13-28(14-4-1)45(29-15-5-2-6-16-29)30-22-24-31(25-23-30)46-37-21-10-7-17-32(37)34-26-27-12-11-18-33-38(27)39(42(34)46)41-40(33)43-35-19-8-9-20-36(35)44-41/h1-26,36,44H. The highest BCUT2D eigenvalue weighted by Crippen LogP contribution is 2.49. The predicted molar refractivity (Wildman–Crippen MR) is 192 cm³/mol. The Morgan fingerprint density at radius 1 is 0.652 bits per heavy atom. The molecule has 1 aromatic heterocycles. The van der Waals surface area contributed by atoms with E-state index >= 15 is 0 Å². The van der Waals surface area contributed by atoms with Gasteiger partial charge in [0.15, 0.2) is 0 Å². The van der Waals surface area contributed by atoms with Crippen molar-refractivity contribution in [1.82, 2.24) is 9.88 Å². The van der Waals surface area contributed by atoms with Crippen LogP contribution in [0.5, 0.6) is 0 Å². The number of para-hydroxylation sites is 3. The fourth-order valence-corrected chi connectivity index (χ4v) is 7.52. The lowest BCUT2D eigenvalue weighted by molar-refractivity contribution is 0.887. The molecule has 0 fully saturated rings. The second kappa shape index (κ2) is 9.68. The van der Waals surface area contributed by atoms with E-state index in [1.165, 1.54) is 43.7 Å². The van der Waals surface area contributed by atoms with Crippen LogP contribution in [0.1, 0.15) is 11.1 Å². The van der Waals surface area contributed by atoms with Gasteiger partial charge in [-0.3, -0.25) is 0 Å². The normalized spacial score (nSPS) is 16.1. The molecule has 46 heavy (non-hydrogen) atoms. The fourth-order valence-electron chi connectivity index (χ4n) is 7.52. The van der Waals surface area contributed by atoms with Crippen LogP contribution in [0.15, 0.2) is 163 Å². The van der Waals surface area contributed by atoms with Crippen molar-refractivity contribution >= 4 is 66.7 Å². The van der Waals surface area contributed by atoms with E-state index < -0.39 is 0 Å². The summed E-state index contributed by atoms with van der Waals surface area (Å²) in [5, 5.41) is 8.89. The van der Waals surface area contributed by atoms with Crippen LogP contribution in [0.25, 0.3) is 49.7 Å². The summed E-state index contributed by atoms with van der Waals surface area (Å²) in [4.78, 5) is 7.54. The number of hydrogen-bond acceptors (Lipinski definition) is 3. The van der Waals surface area contributed by atoms with Gasteiger partial charge in [0.25, 0.3) is 0 Å². The van der Waals surface area contributed by atoms with Gasteiger partial charge in [-0.25, -0.2) is 4.99 Å². The Kier molecular flexibility index (Phi) is 5.31. The van der Waals surface area contributed by atoms with Crippen molar-refractivity contribution in [3.63, 3.8) is 0 Å². The highest BCUT2D eigenvalue weighted by Gasteiger charge is 2.34. The first-order valence-electron chi connectivity index (χ1n) is 15.8. The maximum atomic E-state index is 5.24. The molecule has 0 radical (unpaired) electrons. The largest absolute Gasteiger partial charge is 0.371 e. The minimum atomic E-state index is 0.0578. The number of nitrogens with one attached hydrogen (secondary N) is 1. The van der Waals surface area contributed by atoms with Crippen LogP contribution >= 0.6 is 0 Å². The Morgan fingerprint density at radius 2 is 1.37 bits per heavy atom. The average molecular weight is 589 g/mol. The average Bonchev–Trinajstić information content (AvgIpc) is 3.62. The Labute approximate surface area is 266 Å². The maximum Gasteiger partial charge on any atom is 0.0951 e. The van der Waals surface area contributed by atoms with Crippen LogP contribution in [0.2, 0.25) is 0 Å². The summed E-state index contributed by atoms with van der Waals surface area (Å²) < 4.78 is 2.45. The molecule has 2 heterocycles. The number of anilines is 3. The zero-order chi connectivity index (χ0) is 30.2. The molecule has 1 unspecified atom stereocenters. The first-order valence-corrected chi connectivity index (χ1v) is 15.8. The van der Waals surface area contributed by atoms with E-state index in [9.17, 15) is 0 Å². The van der Waals surface area contributed by atoms with Crippen molar-refractivity contribution in [2.75, 3.05) is 4.90 Å². The maximum absolute atomic E-state index is 5.24. The number of fused-ring (bicyclic) bond motifs is 7. The van der Waals surface area contributed by atoms with Crippen LogP contribution in [-0.2, 0) is 0 Å². The van der Waals surface area contributed by atoms with Crippen LogP contribution in [0.4, 0.5) is 17.1 Å². The zero-order valence-corrected chi connectivity index (χ0v) is 24.9. The van der Waals surface area contributed by atoms with Crippen molar-refractivity contribution in [2.45, 2.75) is 6.04 Å². The van der Waals surface area contributed by atoms with Crippen LogP contribution < -0.4 is 10.2 Å². The minimum absolute atomic E-state index is 0.0578. The third-order valence-corrected chi connectivity index (χ3v) is 9.48. The minimum Gasteiger partial charge on any atom is -0.371 e. The molecule has 6 aromatic carbocycles. The number of aliphatic imine (C=N–C) groups is 1. The highest BCUT2D eigenvalue weighted by molar-refractivity contribution is 6.27. The van der Waals surface area contributed by atoms with Crippen molar-refractivity contribution < 1.29 is 0 Å². The van der Waals surface area contributed by atoms with Gasteiger partial charge in [-0.2, -0.15) is 0 Å². The molecule has 0 amide bonds. The SMILES string of the molecule is C1=CC2=NC3=C(NC2C=C1)c1c2c3cccc2cc2c3ccccc3n(-c3ccc(N(c4ccccc4)c4ccccc4)cc3)c12. The molecule has 0 saturated carbocycles. The summed E-state index contributed by atoms with van der Waals surface area (Å²) in [5.41, 5.74) is 12.5. The molecule has 7 aromatic rings. The molecule has 1 aliphatic heterocycles. The molecular weight excluding hydrogens is 560 g/mol. The van der Waals surface area contributed by atoms with Crippen molar-refractivity contribution in [3.05, 3.63) is 169 Å². The number of hydrogen-bond donors (Lipinski definition) is 1. The molecule has 1 atom stereocenters. The molecule has 1 N–H and O–H groups in total. The van der Waals surface area contributed by atoms with Gasteiger partial charge in [-0.05, 0) is 72.1 Å². The van der Waals surface area contributed by atoms with E-state index in [-0.39, 0.29) is 6.04 Å². The monoisotopic (exact) mass is 588 g/mol. The molecule has 0 saturated heterocycles.